The fourth-order valence-corrected chi connectivity index (χ4v) is 5.65. The first kappa shape index (κ1) is 19.0. The Hall–Kier alpha value is -3.00. The number of hydrogen-bond acceptors (Lipinski definition) is 2. The number of benzene rings is 3. The number of fused-ring (bicyclic) bond motifs is 7. The van der Waals surface area contributed by atoms with Crippen molar-refractivity contribution in [2.45, 2.75) is 52.4 Å². The molecule has 3 aromatic carbocycles. The maximum Gasteiger partial charge on any atom is 0.159 e. The molecule has 0 saturated heterocycles. The van der Waals surface area contributed by atoms with Crippen LogP contribution in [-0.4, -0.2) is 11.6 Å². The van der Waals surface area contributed by atoms with Crippen molar-refractivity contribution in [3.8, 4) is 22.3 Å². The topological polar surface area (TPSA) is 34.1 Å². The first-order valence-electron chi connectivity index (χ1n) is 10.5. The fourth-order valence-electron chi connectivity index (χ4n) is 5.65. The van der Waals surface area contributed by atoms with Gasteiger partial charge in [0, 0.05) is 22.0 Å². The smallest absolute Gasteiger partial charge is 0.159 e. The minimum absolute atomic E-state index is 0.0966. The molecule has 2 aliphatic carbocycles. The molecule has 0 saturated carbocycles. The molecule has 0 N–H and O–H groups in total. The number of Topliss-reactive ketones (excluding diaryl/α,β-unsaturated/α-hetero) is 2. The van der Waals surface area contributed by atoms with Gasteiger partial charge in [0.1, 0.15) is 0 Å². The third-order valence-electron chi connectivity index (χ3n) is 7.23. The Bertz CT molecular complexity index is 1190. The average Bonchev–Trinajstić information content (AvgIpc) is 3.07. The van der Waals surface area contributed by atoms with E-state index in [2.05, 4.69) is 64.1 Å². The summed E-state index contributed by atoms with van der Waals surface area (Å²) < 4.78 is 0. The second-order valence-corrected chi connectivity index (χ2v) is 9.79. The minimum atomic E-state index is -0.204. The van der Waals surface area contributed by atoms with Gasteiger partial charge in [-0.3, -0.25) is 9.59 Å². The summed E-state index contributed by atoms with van der Waals surface area (Å²) in [6, 6.07) is 16.7. The number of hydrogen-bond donors (Lipinski definition) is 0. The number of rotatable bonds is 2. The lowest BCUT2D eigenvalue weighted by Crippen LogP contribution is -2.24. The highest BCUT2D eigenvalue weighted by molar-refractivity contribution is 5.98. The molecule has 3 aromatic rings. The van der Waals surface area contributed by atoms with Crippen LogP contribution in [0.4, 0.5) is 0 Å². The monoisotopic (exact) mass is 394 g/mol. The van der Waals surface area contributed by atoms with Crippen molar-refractivity contribution in [1.29, 1.82) is 0 Å². The van der Waals surface area contributed by atoms with Gasteiger partial charge in [-0.05, 0) is 70.5 Å². The Kier molecular flexibility index (Phi) is 3.66. The third kappa shape index (κ3) is 2.25. The molecule has 0 aliphatic heterocycles. The SMILES string of the molecule is CC(=O)c1ccc2c(c1)C(C)(C)c1c-2ccc2c1C(C)(C)c1cc(C(C)=O)ccc1-2. The summed E-state index contributed by atoms with van der Waals surface area (Å²) in [5.74, 6) is 0.193. The lowest BCUT2D eigenvalue weighted by Gasteiger charge is -2.31. The third-order valence-corrected chi connectivity index (χ3v) is 7.23. The predicted octanol–water partition coefficient (Wildman–Crippen LogP) is 6.70. The van der Waals surface area contributed by atoms with Crippen LogP contribution < -0.4 is 0 Å². The Morgan fingerprint density at radius 2 is 0.900 bits per heavy atom. The Morgan fingerprint density at radius 3 is 1.23 bits per heavy atom. The molecule has 5 rings (SSSR count). The molecule has 30 heavy (non-hydrogen) atoms. The summed E-state index contributed by atoms with van der Waals surface area (Å²) in [6.07, 6.45) is 0. The van der Waals surface area contributed by atoms with Gasteiger partial charge in [-0.1, -0.05) is 64.1 Å². The Balaban J connectivity index is 1.81. The van der Waals surface area contributed by atoms with Crippen LogP contribution in [0, 0.1) is 0 Å². The summed E-state index contributed by atoms with van der Waals surface area (Å²) in [7, 11) is 0. The molecule has 150 valence electrons. The van der Waals surface area contributed by atoms with Gasteiger partial charge < -0.3 is 0 Å². The molecule has 0 amide bonds. The van der Waals surface area contributed by atoms with Crippen molar-refractivity contribution in [1.82, 2.24) is 0 Å². The number of ketones is 2. The molecule has 0 radical (unpaired) electrons. The van der Waals surface area contributed by atoms with E-state index in [9.17, 15) is 9.59 Å². The van der Waals surface area contributed by atoms with Gasteiger partial charge >= 0.3 is 0 Å². The summed E-state index contributed by atoms with van der Waals surface area (Å²) in [6.45, 7) is 12.3. The molecule has 2 heteroatoms. The van der Waals surface area contributed by atoms with Gasteiger partial charge in [0.15, 0.2) is 11.6 Å². The van der Waals surface area contributed by atoms with E-state index < -0.39 is 0 Å². The molecule has 0 atom stereocenters. The Morgan fingerprint density at radius 1 is 0.567 bits per heavy atom. The Labute approximate surface area is 178 Å². The fraction of sp³-hybridized carbons (Fsp3) is 0.286. The maximum atomic E-state index is 12.0. The van der Waals surface area contributed by atoms with Crippen LogP contribution in [-0.2, 0) is 10.8 Å². The highest BCUT2D eigenvalue weighted by atomic mass is 16.1. The zero-order valence-electron chi connectivity index (χ0n) is 18.4. The van der Waals surface area contributed by atoms with Crippen molar-refractivity contribution in [2.75, 3.05) is 0 Å². The summed E-state index contributed by atoms with van der Waals surface area (Å²) in [4.78, 5) is 24.1. The van der Waals surface area contributed by atoms with Gasteiger partial charge in [0.2, 0.25) is 0 Å². The lowest BCUT2D eigenvalue weighted by molar-refractivity contribution is 0.100. The first-order valence-corrected chi connectivity index (χ1v) is 10.5. The largest absolute Gasteiger partial charge is 0.295 e. The van der Waals surface area contributed by atoms with Crippen molar-refractivity contribution in [3.63, 3.8) is 0 Å². The zero-order chi connectivity index (χ0) is 21.6. The first-order chi connectivity index (χ1) is 14.0. The van der Waals surface area contributed by atoms with Crippen molar-refractivity contribution in [2.24, 2.45) is 0 Å². The molecule has 0 heterocycles. The molecule has 2 aliphatic rings. The molecule has 0 aromatic heterocycles. The van der Waals surface area contributed by atoms with E-state index in [1.165, 1.54) is 44.5 Å². The van der Waals surface area contributed by atoms with Crippen LogP contribution in [0.5, 0.6) is 0 Å². The quantitative estimate of drug-likeness (QED) is 0.453. The van der Waals surface area contributed by atoms with E-state index in [4.69, 9.17) is 0 Å². The summed E-state index contributed by atoms with van der Waals surface area (Å²) in [5, 5.41) is 0. The summed E-state index contributed by atoms with van der Waals surface area (Å²) >= 11 is 0. The van der Waals surface area contributed by atoms with Gasteiger partial charge in [-0.15, -0.1) is 0 Å². The van der Waals surface area contributed by atoms with Gasteiger partial charge in [-0.25, -0.2) is 0 Å². The van der Waals surface area contributed by atoms with Crippen LogP contribution in [0.25, 0.3) is 22.3 Å². The van der Waals surface area contributed by atoms with E-state index in [1.54, 1.807) is 13.8 Å². The molecule has 2 nitrogen and oxygen atoms in total. The average molecular weight is 395 g/mol. The molecular formula is C28H26O2. The van der Waals surface area contributed by atoms with E-state index in [-0.39, 0.29) is 22.4 Å². The molecular weight excluding hydrogens is 368 g/mol. The maximum absolute atomic E-state index is 12.0. The second kappa shape index (κ2) is 5.78. The minimum Gasteiger partial charge on any atom is -0.295 e. The highest BCUT2D eigenvalue weighted by Gasteiger charge is 2.45. The van der Waals surface area contributed by atoms with Crippen LogP contribution in [0.2, 0.25) is 0 Å². The molecule has 0 unspecified atom stereocenters. The van der Waals surface area contributed by atoms with E-state index in [1.807, 2.05) is 12.1 Å². The standard InChI is InChI=1S/C28H26O2/c1-15(29)17-7-9-19-21-11-12-22-20-10-8-18(16(2)30)14-24(20)28(5,6)26(22)25(21)27(3,4)23(19)13-17/h7-14H,1-6H3. The van der Waals surface area contributed by atoms with Gasteiger partial charge in [0.25, 0.3) is 0 Å². The second-order valence-electron chi connectivity index (χ2n) is 9.79. The van der Waals surface area contributed by atoms with Crippen LogP contribution >= 0.6 is 0 Å². The van der Waals surface area contributed by atoms with Crippen molar-refractivity contribution >= 4 is 11.6 Å². The van der Waals surface area contributed by atoms with Crippen LogP contribution in [0.3, 0.4) is 0 Å². The zero-order valence-corrected chi connectivity index (χ0v) is 18.4. The predicted molar refractivity (Wildman–Crippen MR) is 122 cm³/mol. The van der Waals surface area contributed by atoms with E-state index in [0.717, 1.165) is 11.1 Å². The molecule has 0 bridgehead atoms. The van der Waals surface area contributed by atoms with Crippen molar-refractivity contribution < 1.29 is 9.59 Å². The summed E-state index contributed by atoms with van der Waals surface area (Å²) in [5.41, 5.74) is 11.2. The molecule has 0 fully saturated rings. The molecule has 0 spiro atoms. The van der Waals surface area contributed by atoms with E-state index >= 15 is 0 Å². The number of carbonyl (C=O) groups is 2. The van der Waals surface area contributed by atoms with Crippen molar-refractivity contribution in [3.05, 3.63) is 81.9 Å². The normalized spacial score (nSPS) is 16.5. The van der Waals surface area contributed by atoms with Crippen LogP contribution in [0.1, 0.15) is 84.5 Å². The van der Waals surface area contributed by atoms with Gasteiger partial charge in [-0.2, -0.15) is 0 Å². The van der Waals surface area contributed by atoms with Crippen LogP contribution in [0.15, 0.2) is 48.5 Å². The van der Waals surface area contributed by atoms with Gasteiger partial charge in [0.05, 0.1) is 0 Å². The highest BCUT2D eigenvalue weighted by Crippen LogP contribution is 2.59. The van der Waals surface area contributed by atoms with E-state index in [0.29, 0.717) is 0 Å². The number of carbonyl (C=O) groups excluding carboxylic acids is 2. The lowest BCUT2D eigenvalue weighted by atomic mass is 9.72.